The lowest BCUT2D eigenvalue weighted by Gasteiger charge is -2.15. The molecule has 0 N–H and O–H groups in total. The molecule has 1 unspecified atom stereocenters. The van der Waals surface area contributed by atoms with Crippen molar-refractivity contribution >= 4 is 22.6 Å². The minimum Gasteiger partial charge on any atom is -0.326 e. The van der Waals surface area contributed by atoms with Crippen LogP contribution in [-0.4, -0.2) is 9.55 Å². The molecule has 1 aromatic carbocycles. The minimum atomic E-state index is -0.0332. The van der Waals surface area contributed by atoms with E-state index in [4.69, 9.17) is 16.6 Å². The first-order valence-electron chi connectivity index (χ1n) is 7.26. The van der Waals surface area contributed by atoms with E-state index in [2.05, 4.69) is 29.7 Å². The van der Waals surface area contributed by atoms with E-state index in [1.54, 1.807) is 0 Å². The second kappa shape index (κ2) is 5.16. The lowest BCUT2D eigenvalue weighted by atomic mass is 10.1. The standard InChI is InChI=1S/C16H21ClN2/c1-11-7-8-14-15(9-11)19(16(18-14)12(2)17)10-13-5-3-4-6-13/h7-9,12-13H,3-6,10H2,1-2H3. The molecule has 0 aliphatic heterocycles. The fourth-order valence-corrected chi connectivity index (χ4v) is 3.36. The van der Waals surface area contributed by atoms with E-state index in [9.17, 15) is 0 Å². The van der Waals surface area contributed by atoms with Crippen molar-refractivity contribution in [3.63, 3.8) is 0 Å². The van der Waals surface area contributed by atoms with Crippen LogP contribution in [0.25, 0.3) is 11.0 Å². The zero-order valence-corrected chi connectivity index (χ0v) is 12.5. The third kappa shape index (κ3) is 2.51. The van der Waals surface area contributed by atoms with Gasteiger partial charge in [0.25, 0.3) is 0 Å². The molecule has 3 heteroatoms. The van der Waals surface area contributed by atoms with Crippen LogP contribution in [0.1, 0.15) is 49.4 Å². The normalized spacial score (nSPS) is 18.3. The zero-order valence-electron chi connectivity index (χ0n) is 11.7. The smallest absolute Gasteiger partial charge is 0.127 e. The number of alkyl halides is 1. The van der Waals surface area contributed by atoms with E-state index in [0.29, 0.717) is 0 Å². The number of nitrogens with zero attached hydrogens (tertiary/aromatic N) is 2. The predicted octanol–water partition coefficient (Wildman–Crippen LogP) is 4.83. The van der Waals surface area contributed by atoms with Crippen LogP contribution < -0.4 is 0 Å². The molecule has 1 heterocycles. The molecular formula is C16H21ClN2. The molecular weight excluding hydrogens is 256 g/mol. The summed E-state index contributed by atoms with van der Waals surface area (Å²) in [5.41, 5.74) is 3.61. The summed E-state index contributed by atoms with van der Waals surface area (Å²) in [4.78, 5) is 4.73. The van der Waals surface area contributed by atoms with Crippen LogP contribution in [0.2, 0.25) is 0 Å². The highest BCUT2D eigenvalue weighted by atomic mass is 35.5. The molecule has 0 radical (unpaired) electrons. The third-order valence-electron chi connectivity index (χ3n) is 4.20. The van der Waals surface area contributed by atoms with Gasteiger partial charge in [0.1, 0.15) is 5.82 Å². The maximum atomic E-state index is 6.32. The number of benzene rings is 1. The van der Waals surface area contributed by atoms with Crippen molar-refractivity contribution in [2.24, 2.45) is 5.92 Å². The van der Waals surface area contributed by atoms with E-state index in [1.807, 2.05) is 6.92 Å². The fraction of sp³-hybridized carbons (Fsp3) is 0.562. The minimum absolute atomic E-state index is 0.0332. The summed E-state index contributed by atoms with van der Waals surface area (Å²) in [5, 5.41) is -0.0332. The van der Waals surface area contributed by atoms with Crippen LogP contribution in [0.3, 0.4) is 0 Å². The Labute approximate surface area is 119 Å². The molecule has 1 aliphatic carbocycles. The lowest BCUT2D eigenvalue weighted by Crippen LogP contribution is -2.11. The van der Waals surface area contributed by atoms with Gasteiger partial charge in [-0.3, -0.25) is 0 Å². The van der Waals surface area contributed by atoms with Crippen LogP contribution in [-0.2, 0) is 6.54 Å². The molecule has 102 valence electrons. The summed E-state index contributed by atoms with van der Waals surface area (Å²) in [7, 11) is 0. The topological polar surface area (TPSA) is 17.8 Å². The number of hydrogen-bond acceptors (Lipinski definition) is 1. The Morgan fingerprint density at radius 3 is 2.79 bits per heavy atom. The first-order valence-corrected chi connectivity index (χ1v) is 7.69. The monoisotopic (exact) mass is 276 g/mol. The number of aromatic nitrogens is 2. The van der Waals surface area contributed by atoms with Gasteiger partial charge in [-0.25, -0.2) is 4.98 Å². The molecule has 3 rings (SSSR count). The number of halogens is 1. The summed E-state index contributed by atoms with van der Waals surface area (Å²) < 4.78 is 2.36. The van der Waals surface area contributed by atoms with Gasteiger partial charge in [-0.05, 0) is 50.3 Å². The van der Waals surface area contributed by atoms with Crippen LogP contribution in [0.4, 0.5) is 0 Å². The Bertz CT molecular complexity index is 580. The quantitative estimate of drug-likeness (QED) is 0.734. The van der Waals surface area contributed by atoms with Gasteiger partial charge < -0.3 is 4.57 Å². The molecule has 1 aromatic heterocycles. The van der Waals surface area contributed by atoms with Crippen LogP contribution >= 0.6 is 11.6 Å². The highest BCUT2D eigenvalue weighted by molar-refractivity contribution is 6.20. The van der Waals surface area contributed by atoms with Gasteiger partial charge >= 0.3 is 0 Å². The Morgan fingerprint density at radius 1 is 1.37 bits per heavy atom. The number of aryl methyl sites for hydroxylation is 1. The van der Waals surface area contributed by atoms with Gasteiger partial charge in [0.15, 0.2) is 0 Å². The summed E-state index contributed by atoms with van der Waals surface area (Å²) >= 11 is 6.32. The molecule has 19 heavy (non-hydrogen) atoms. The molecule has 1 fully saturated rings. The molecule has 0 saturated heterocycles. The van der Waals surface area contributed by atoms with Crippen molar-refractivity contribution in [1.29, 1.82) is 0 Å². The average Bonchev–Trinajstić information content (AvgIpc) is 2.98. The average molecular weight is 277 g/mol. The fourth-order valence-electron chi connectivity index (χ4n) is 3.20. The summed E-state index contributed by atoms with van der Waals surface area (Å²) in [6.07, 6.45) is 5.45. The summed E-state index contributed by atoms with van der Waals surface area (Å²) in [6.45, 7) is 5.23. The van der Waals surface area contributed by atoms with Crippen molar-refractivity contribution in [3.8, 4) is 0 Å². The van der Waals surface area contributed by atoms with Gasteiger partial charge in [0, 0.05) is 6.54 Å². The summed E-state index contributed by atoms with van der Waals surface area (Å²) in [6, 6.07) is 6.47. The van der Waals surface area contributed by atoms with Gasteiger partial charge in [-0.15, -0.1) is 11.6 Å². The SMILES string of the molecule is Cc1ccc2nc(C(C)Cl)n(CC3CCCC3)c2c1. The second-order valence-corrected chi connectivity index (χ2v) is 6.49. The highest BCUT2D eigenvalue weighted by Crippen LogP contribution is 2.31. The molecule has 2 nitrogen and oxygen atoms in total. The van der Waals surface area contributed by atoms with Crippen molar-refractivity contribution < 1.29 is 0 Å². The number of imidazole rings is 1. The van der Waals surface area contributed by atoms with Crippen molar-refractivity contribution in [2.45, 2.75) is 51.5 Å². The number of hydrogen-bond donors (Lipinski definition) is 0. The Kier molecular flexibility index (Phi) is 3.53. The Balaban J connectivity index is 2.06. The Hall–Kier alpha value is -1.02. The molecule has 1 atom stereocenters. The second-order valence-electron chi connectivity index (χ2n) is 5.84. The number of rotatable bonds is 3. The molecule has 1 saturated carbocycles. The van der Waals surface area contributed by atoms with Crippen molar-refractivity contribution in [3.05, 3.63) is 29.6 Å². The highest BCUT2D eigenvalue weighted by Gasteiger charge is 2.20. The predicted molar refractivity (Wildman–Crippen MR) is 80.7 cm³/mol. The van der Waals surface area contributed by atoms with Crippen LogP contribution in [0.5, 0.6) is 0 Å². The van der Waals surface area contributed by atoms with E-state index < -0.39 is 0 Å². The lowest BCUT2D eigenvalue weighted by molar-refractivity contribution is 0.454. The maximum absolute atomic E-state index is 6.32. The van der Waals surface area contributed by atoms with Gasteiger partial charge in [-0.1, -0.05) is 18.9 Å². The molecule has 0 spiro atoms. The molecule has 1 aliphatic rings. The molecule has 0 amide bonds. The molecule has 0 bridgehead atoms. The van der Waals surface area contributed by atoms with Gasteiger partial charge in [0.05, 0.1) is 16.4 Å². The third-order valence-corrected chi connectivity index (χ3v) is 4.40. The zero-order chi connectivity index (χ0) is 13.4. The van der Waals surface area contributed by atoms with Gasteiger partial charge in [-0.2, -0.15) is 0 Å². The van der Waals surface area contributed by atoms with Crippen molar-refractivity contribution in [1.82, 2.24) is 9.55 Å². The Morgan fingerprint density at radius 2 is 2.11 bits per heavy atom. The summed E-state index contributed by atoms with van der Waals surface area (Å²) in [5.74, 6) is 1.82. The van der Waals surface area contributed by atoms with E-state index >= 15 is 0 Å². The van der Waals surface area contributed by atoms with Gasteiger partial charge in [0.2, 0.25) is 0 Å². The number of fused-ring (bicyclic) bond motifs is 1. The van der Waals surface area contributed by atoms with Crippen molar-refractivity contribution in [2.75, 3.05) is 0 Å². The first kappa shape index (κ1) is 13.0. The van der Waals surface area contributed by atoms with E-state index in [-0.39, 0.29) is 5.38 Å². The molecule has 2 aromatic rings. The van der Waals surface area contributed by atoms with Crippen LogP contribution in [0.15, 0.2) is 18.2 Å². The maximum Gasteiger partial charge on any atom is 0.127 e. The van der Waals surface area contributed by atoms with Crippen LogP contribution in [0, 0.1) is 12.8 Å². The van der Waals surface area contributed by atoms with E-state index in [0.717, 1.165) is 23.8 Å². The van der Waals surface area contributed by atoms with E-state index in [1.165, 1.54) is 36.8 Å². The largest absolute Gasteiger partial charge is 0.326 e. The first-order chi connectivity index (χ1) is 9.15.